The monoisotopic (exact) mass is 348 g/mol. The van der Waals surface area contributed by atoms with Gasteiger partial charge in [0.15, 0.2) is 0 Å². The Morgan fingerprint density at radius 2 is 2.08 bits per heavy atom. The molecule has 1 saturated heterocycles. The van der Waals surface area contributed by atoms with Crippen molar-refractivity contribution in [3.05, 3.63) is 53.2 Å². The predicted molar refractivity (Wildman–Crippen MR) is 104 cm³/mol. The minimum Gasteiger partial charge on any atom is -0.439 e. The molecule has 1 aromatic heterocycles. The van der Waals surface area contributed by atoms with Crippen molar-refractivity contribution in [2.75, 3.05) is 13.6 Å². The zero-order valence-electron chi connectivity index (χ0n) is 15.9. The number of hydrogen-bond donors (Lipinski definition) is 0. The molecular weight excluding hydrogens is 320 g/mol. The average Bonchev–Trinajstić information content (AvgIpc) is 2.65. The standard InChI is InChI=1S/C23H28N2O/c1-16-6-5-8-22(24-16)26-18-10-9-17-14-21-19-7-3-4-11-23(19,20(17)15-18)12-13-25(21)2/h5-6,8-10,15,19,21H,3-4,7,11-14H2,1-2H3/t19-,21+,23+/m0/s1. The second-order valence-electron chi connectivity index (χ2n) is 8.55. The third-order valence-electron chi connectivity index (χ3n) is 7.17. The van der Waals surface area contributed by atoms with Gasteiger partial charge in [0.2, 0.25) is 5.88 Å². The van der Waals surface area contributed by atoms with E-state index in [1.165, 1.54) is 45.1 Å². The molecule has 3 nitrogen and oxygen atoms in total. The summed E-state index contributed by atoms with van der Waals surface area (Å²) >= 11 is 0. The van der Waals surface area contributed by atoms with E-state index in [-0.39, 0.29) is 0 Å². The van der Waals surface area contributed by atoms with E-state index in [1.54, 1.807) is 11.1 Å². The maximum absolute atomic E-state index is 6.14. The molecule has 0 spiro atoms. The summed E-state index contributed by atoms with van der Waals surface area (Å²) in [5.74, 6) is 2.45. The van der Waals surface area contributed by atoms with Crippen LogP contribution in [0.15, 0.2) is 36.4 Å². The molecule has 0 amide bonds. The lowest BCUT2D eigenvalue weighted by Crippen LogP contribution is -2.59. The van der Waals surface area contributed by atoms with E-state index in [2.05, 4.69) is 35.1 Å². The molecule has 2 heterocycles. The van der Waals surface area contributed by atoms with Crippen LogP contribution < -0.4 is 4.74 Å². The fourth-order valence-corrected chi connectivity index (χ4v) is 5.93. The van der Waals surface area contributed by atoms with E-state index < -0.39 is 0 Å². The van der Waals surface area contributed by atoms with E-state index in [0.717, 1.165) is 23.4 Å². The van der Waals surface area contributed by atoms with Gasteiger partial charge in [-0.15, -0.1) is 0 Å². The lowest BCUT2D eigenvalue weighted by molar-refractivity contribution is 0.00276. The summed E-state index contributed by atoms with van der Waals surface area (Å²) in [6.45, 7) is 3.23. The van der Waals surface area contributed by atoms with Crippen LogP contribution in [0.5, 0.6) is 11.6 Å². The van der Waals surface area contributed by atoms with E-state index in [1.807, 2.05) is 25.1 Å². The highest BCUT2D eigenvalue weighted by atomic mass is 16.5. The highest BCUT2D eigenvalue weighted by Gasteiger charge is 2.53. The molecule has 2 fully saturated rings. The highest BCUT2D eigenvalue weighted by Crippen LogP contribution is 2.56. The maximum Gasteiger partial charge on any atom is 0.219 e. The maximum atomic E-state index is 6.14. The first kappa shape index (κ1) is 16.3. The van der Waals surface area contributed by atoms with Gasteiger partial charge in [0.25, 0.3) is 0 Å². The first-order valence-electron chi connectivity index (χ1n) is 10.1. The number of pyridine rings is 1. The number of ether oxygens (including phenoxy) is 1. The lowest BCUT2D eigenvalue weighted by atomic mass is 9.52. The van der Waals surface area contributed by atoms with Crippen LogP contribution in [-0.4, -0.2) is 29.5 Å². The van der Waals surface area contributed by atoms with Crippen molar-refractivity contribution in [1.29, 1.82) is 0 Å². The van der Waals surface area contributed by atoms with Crippen molar-refractivity contribution in [1.82, 2.24) is 9.88 Å². The molecule has 0 unspecified atom stereocenters. The van der Waals surface area contributed by atoms with Gasteiger partial charge in [-0.05, 0) is 81.4 Å². The predicted octanol–water partition coefficient (Wildman–Crippen LogP) is 4.87. The van der Waals surface area contributed by atoms with Gasteiger partial charge in [0.05, 0.1) is 0 Å². The van der Waals surface area contributed by atoms with E-state index in [9.17, 15) is 0 Å². The van der Waals surface area contributed by atoms with Gasteiger partial charge in [-0.3, -0.25) is 0 Å². The number of aromatic nitrogens is 1. The summed E-state index contributed by atoms with van der Waals surface area (Å²) in [5, 5.41) is 0. The number of aryl methyl sites for hydroxylation is 1. The lowest BCUT2D eigenvalue weighted by Gasteiger charge is -2.58. The third kappa shape index (κ3) is 2.48. The summed E-state index contributed by atoms with van der Waals surface area (Å²) < 4.78 is 6.14. The summed E-state index contributed by atoms with van der Waals surface area (Å²) in [6.07, 6.45) is 8.00. The zero-order chi connectivity index (χ0) is 17.7. The Bertz CT molecular complexity index is 833. The second-order valence-corrected chi connectivity index (χ2v) is 8.55. The largest absolute Gasteiger partial charge is 0.439 e. The minimum absolute atomic E-state index is 0.377. The second kappa shape index (κ2) is 6.09. The Hall–Kier alpha value is -1.87. The number of likely N-dealkylation sites (tertiary alicyclic amines) is 1. The van der Waals surface area contributed by atoms with Crippen molar-refractivity contribution in [3.63, 3.8) is 0 Å². The zero-order valence-corrected chi connectivity index (χ0v) is 15.9. The first-order chi connectivity index (χ1) is 12.7. The van der Waals surface area contributed by atoms with Crippen LogP contribution in [0.25, 0.3) is 0 Å². The Morgan fingerprint density at radius 3 is 2.96 bits per heavy atom. The molecule has 2 aliphatic carbocycles. The number of likely N-dealkylation sites (N-methyl/N-ethyl adjacent to an activating group) is 1. The summed E-state index contributed by atoms with van der Waals surface area (Å²) in [7, 11) is 2.33. The van der Waals surface area contributed by atoms with Crippen LogP contribution in [0.4, 0.5) is 0 Å². The fourth-order valence-electron chi connectivity index (χ4n) is 5.93. The molecular formula is C23H28N2O. The van der Waals surface area contributed by atoms with Gasteiger partial charge in [-0.2, -0.15) is 0 Å². The molecule has 0 radical (unpaired) electrons. The van der Waals surface area contributed by atoms with Gasteiger partial charge < -0.3 is 9.64 Å². The fraction of sp³-hybridized carbons (Fsp3) is 0.522. The topological polar surface area (TPSA) is 25.4 Å². The molecule has 136 valence electrons. The molecule has 26 heavy (non-hydrogen) atoms. The van der Waals surface area contributed by atoms with Crippen LogP contribution in [-0.2, 0) is 11.8 Å². The number of hydrogen-bond acceptors (Lipinski definition) is 3. The number of benzene rings is 1. The summed E-state index contributed by atoms with van der Waals surface area (Å²) in [4.78, 5) is 7.13. The molecule has 2 aromatic rings. The highest BCUT2D eigenvalue weighted by molar-refractivity contribution is 5.46. The summed E-state index contributed by atoms with van der Waals surface area (Å²) in [6, 6.07) is 13.5. The van der Waals surface area contributed by atoms with Gasteiger partial charge in [-0.1, -0.05) is 25.0 Å². The molecule has 1 aliphatic heterocycles. The Labute approximate surface area is 156 Å². The van der Waals surface area contributed by atoms with E-state index in [4.69, 9.17) is 4.74 Å². The molecule has 1 saturated carbocycles. The molecule has 0 N–H and O–H groups in total. The van der Waals surface area contributed by atoms with Crippen LogP contribution in [0.2, 0.25) is 0 Å². The Kier molecular flexibility index (Phi) is 3.82. The normalized spacial score (nSPS) is 30.4. The molecule has 3 heteroatoms. The van der Waals surface area contributed by atoms with Crippen molar-refractivity contribution in [2.24, 2.45) is 5.92 Å². The quantitative estimate of drug-likeness (QED) is 0.774. The van der Waals surface area contributed by atoms with Crippen LogP contribution in [0, 0.1) is 12.8 Å². The van der Waals surface area contributed by atoms with Gasteiger partial charge in [-0.25, -0.2) is 4.98 Å². The van der Waals surface area contributed by atoms with Gasteiger partial charge in [0, 0.05) is 23.2 Å². The number of fused-ring (bicyclic) bond motifs is 1. The number of nitrogens with zero attached hydrogens (tertiary/aromatic N) is 2. The first-order valence-corrected chi connectivity index (χ1v) is 10.1. The SMILES string of the molecule is Cc1cccc(Oc2ccc3c(c2)[C@@]24CCCC[C@H]2[C@@H](C3)N(C)CC4)n1. The molecule has 5 rings (SSSR count). The molecule has 1 aromatic carbocycles. The smallest absolute Gasteiger partial charge is 0.219 e. The van der Waals surface area contributed by atoms with Gasteiger partial charge in [0.1, 0.15) is 5.75 Å². The number of rotatable bonds is 2. The molecule has 3 atom stereocenters. The average molecular weight is 348 g/mol. The van der Waals surface area contributed by atoms with Gasteiger partial charge >= 0.3 is 0 Å². The number of piperidine rings is 1. The van der Waals surface area contributed by atoms with Crippen molar-refractivity contribution in [3.8, 4) is 11.6 Å². The van der Waals surface area contributed by atoms with Crippen molar-refractivity contribution < 1.29 is 4.74 Å². The van der Waals surface area contributed by atoms with E-state index >= 15 is 0 Å². The molecule has 3 aliphatic rings. The van der Waals surface area contributed by atoms with E-state index in [0.29, 0.717) is 11.3 Å². The van der Waals surface area contributed by atoms with Crippen LogP contribution in [0.3, 0.4) is 0 Å². The molecule has 2 bridgehead atoms. The van der Waals surface area contributed by atoms with Crippen molar-refractivity contribution in [2.45, 2.75) is 56.9 Å². The van der Waals surface area contributed by atoms with Crippen LogP contribution >= 0.6 is 0 Å². The van der Waals surface area contributed by atoms with Crippen LogP contribution in [0.1, 0.15) is 48.9 Å². The summed E-state index contributed by atoms with van der Waals surface area (Å²) in [5.41, 5.74) is 4.49. The Balaban J connectivity index is 1.55. The van der Waals surface area contributed by atoms with Crippen molar-refractivity contribution >= 4 is 0 Å². The minimum atomic E-state index is 0.377. The Morgan fingerprint density at radius 1 is 1.15 bits per heavy atom. The third-order valence-corrected chi connectivity index (χ3v) is 7.17.